The third kappa shape index (κ3) is 4.44. The molecule has 86 valence electrons. The molecule has 0 spiro atoms. The van der Waals surface area contributed by atoms with Crippen molar-refractivity contribution < 1.29 is 9.15 Å². The maximum Gasteiger partial charge on any atom is 0.208 e. The number of hydrogen-bond donors (Lipinski definition) is 1. The lowest BCUT2D eigenvalue weighted by atomic mass is 10.2. The van der Waals surface area contributed by atoms with Gasteiger partial charge in [-0.05, 0) is 13.3 Å². The van der Waals surface area contributed by atoms with Gasteiger partial charge in [0.15, 0.2) is 0 Å². The summed E-state index contributed by atoms with van der Waals surface area (Å²) in [6.45, 7) is 5.65. The molecule has 0 amide bonds. The van der Waals surface area contributed by atoms with Crippen molar-refractivity contribution in [2.75, 3.05) is 13.7 Å². The fourth-order valence-electron chi connectivity index (χ4n) is 1.25. The smallest absolute Gasteiger partial charge is 0.208 e. The molecule has 0 radical (unpaired) electrons. The second kappa shape index (κ2) is 6.58. The highest BCUT2D eigenvalue weighted by atomic mass is 16.5. The second-order valence-corrected chi connectivity index (χ2v) is 3.64. The van der Waals surface area contributed by atoms with Crippen LogP contribution in [0.5, 0.6) is 0 Å². The zero-order valence-electron chi connectivity index (χ0n) is 9.75. The molecule has 1 aromatic heterocycles. The van der Waals surface area contributed by atoms with Crippen LogP contribution >= 0.6 is 0 Å². The Balaban J connectivity index is 2.24. The summed E-state index contributed by atoms with van der Waals surface area (Å²) in [6, 6.07) is 0.418. The molecule has 15 heavy (non-hydrogen) atoms. The molecule has 4 nitrogen and oxygen atoms in total. The van der Waals surface area contributed by atoms with Crippen LogP contribution in [0.1, 0.15) is 31.9 Å². The number of nitrogens with zero attached hydrogens (tertiary/aromatic N) is 1. The summed E-state index contributed by atoms with van der Waals surface area (Å²) in [6.07, 6.45) is 3.68. The average molecular weight is 212 g/mol. The average Bonchev–Trinajstić information content (AvgIpc) is 2.71. The van der Waals surface area contributed by atoms with E-state index in [2.05, 4.69) is 24.1 Å². The molecule has 1 aromatic rings. The quantitative estimate of drug-likeness (QED) is 0.748. The van der Waals surface area contributed by atoms with Crippen molar-refractivity contribution in [2.45, 2.75) is 39.3 Å². The van der Waals surface area contributed by atoms with Crippen LogP contribution < -0.4 is 5.32 Å². The van der Waals surface area contributed by atoms with E-state index in [9.17, 15) is 0 Å². The summed E-state index contributed by atoms with van der Waals surface area (Å²) in [7, 11) is 1.72. The zero-order chi connectivity index (χ0) is 11.1. The topological polar surface area (TPSA) is 47.3 Å². The minimum absolute atomic E-state index is 0.418. The molecule has 0 fully saturated rings. The van der Waals surface area contributed by atoms with Crippen LogP contribution in [-0.4, -0.2) is 24.7 Å². The van der Waals surface area contributed by atoms with Crippen molar-refractivity contribution in [1.29, 1.82) is 0 Å². The molecule has 0 bridgehead atoms. The number of hydrogen-bond acceptors (Lipinski definition) is 4. The van der Waals surface area contributed by atoms with Gasteiger partial charge in [-0.2, -0.15) is 0 Å². The number of oxazole rings is 1. The highest BCUT2D eigenvalue weighted by Gasteiger charge is 2.05. The Bertz CT molecular complexity index is 273. The van der Waals surface area contributed by atoms with E-state index in [0.29, 0.717) is 12.6 Å². The molecule has 0 saturated heterocycles. The van der Waals surface area contributed by atoms with Crippen molar-refractivity contribution in [1.82, 2.24) is 10.3 Å². The van der Waals surface area contributed by atoms with Crippen LogP contribution in [0.15, 0.2) is 10.6 Å². The largest absolute Gasteiger partial charge is 0.444 e. The van der Waals surface area contributed by atoms with Crippen molar-refractivity contribution >= 4 is 0 Å². The molecule has 1 rings (SSSR count). The van der Waals surface area contributed by atoms with E-state index in [1.54, 1.807) is 13.3 Å². The first-order valence-corrected chi connectivity index (χ1v) is 5.42. The number of nitrogens with one attached hydrogen (secondary N) is 1. The van der Waals surface area contributed by atoms with E-state index >= 15 is 0 Å². The van der Waals surface area contributed by atoms with E-state index in [0.717, 1.165) is 31.1 Å². The number of aromatic nitrogens is 1. The summed E-state index contributed by atoms with van der Waals surface area (Å²) in [5, 5.41) is 3.33. The van der Waals surface area contributed by atoms with Crippen molar-refractivity contribution in [3.05, 3.63) is 17.8 Å². The SMILES string of the molecule is CCc1cnc(CNC(C)CCOC)o1. The van der Waals surface area contributed by atoms with Gasteiger partial charge in [-0.25, -0.2) is 4.98 Å². The van der Waals surface area contributed by atoms with Crippen molar-refractivity contribution in [3.63, 3.8) is 0 Å². The van der Waals surface area contributed by atoms with Gasteiger partial charge in [0.1, 0.15) is 5.76 Å². The Morgan fingerprint density at radius 3 is 3.00 bits per heavy atom. The molecule has 0 aromatic carbocycles. The maximum atomic E-state index is 5.48. The Morgan fingerprint density at radius 1 is 1.60 bits per heavy atom. The lowest BCUT2D eigenvalue weighted by molar-refractivity contribution is 0.184. The summed E-state index contributed by atoms with van der Waals surface area (Å²) < 4.78 is 10.5. The van der Waals surface area contributed by atoms with Crippen LogP contribution in [0, 0.1) is 0 Å². The zero-order valence-corrected chi connectivity index (χ0v) is 9.75. The lowest BCUT2D eigenvalue weighted by Gasteiger charge is -2.11. The minimum Gasteiger partial charge on any atom is -0.444 e. The molecule has 1 heterocycles. The number of methoxy groups -OCH3 is 1. The summed E-state index contributed by atoms with van der Waals surface area (Å²) in [5.41, 5.74) is 0. The summed E-state index contributed by atoms with van der Waals surface area (Å²) in [5.74, 6) is 1.70. The summed E-state index contributed by atoms with van der Waals surface area (Å²) in [4.78, 5) is 4.18. The first kappa shape index (κ1) is 12.2. The van der Waals surface area contributed by atoms with Gasteiger partial charge < -0.3 is 14.5 Å². The molecule has 1 unspecified atom stereocenters. The van der Waals surface area contributed by atoms with Gasteiger partial charge in [0.2, 0.25) is 5.89 Å². The normalized spacial score (nSPS) is 13.0. The Labute approximate surface area is 91.0 Å². The van der Waals surface area contributed by atoms with Crippen molar-refractivity contribution in [2.24, 2.45) is 0 Å². The van der Waals surface area contributed by atoms with E-state index in [-0.39, 0.29) is 0 Å². The molecule has 0 aliphatic heterocycles. The number of rotatable bonds is 7. The van der Waals surface area contributed by atoms with Gasteiger partial charge in [0.05, 0.1) is 12.7 Å². The van der Waals surface area contributed by atoms with Gasteiger partial charge in [0, 0.05) is 26.2 Å². The van der Waals surface area contributed by atoms with E-state index in [1.807, 2.05) is 0 Å². The lowest BCUT2D eigenvalue weighted by Crippen LogP contribution is -2.26. The first-order valence-electron chi connectivity index (χ1n) is 5.42. The predicted octanol–water partition coefficient (Wildman–Crippen LogP) is 1.75. The van der Waals surface area contributed by atoms with Gasteiger partial charge in [-0.1, -0.05) is 6.92 Å². The molecule has 1 N–H and O–H groups in total. The van der Waals surface area contributed by atoms with Crippen LogP contribution in [0.2, 0.25) is 0 Å². The molecular weight excluding hydrogens is 192 g/mol. The molecule has 1 atom stereocenters. The Morgan fingerprint density at radius 2 is 2.40 bits per heavy atom. The number of ether oxygens (including phenoxy) is 1. The van der Waals surface area contributed by atoms with Gasteiger partial charge in [0.25, 0.3) is 0 Å². The summed E-state index contributed by atoms with van der Waals surface area (Å²) >= 11 is 0. The van der Waals surface area contributed by atoms with Crippen LogP contribution in [0.25, 0.3) is 0 Å². The standard InChI is InChI=1S/C11H20N2O2/c1-4-10-7-13-11(15-10)8-12-9(2)5-6-14-3/h7,9,12H,4-6,8H2,1-3H3. The van der Waals surface area contributed by atoms with Gasteiger partial charge in [-0.3, -0.25) is 0 Å². The van der Waals surface area contributed by atoms with Crippen LogP contribution in [-0.2, 0) is 17.7 Å². The molecule has 0 saturated carbocycles. The number of aryl methyl sites for hydroxylation is 1. The van der Waals surface area contributed by atoms with Crippen molar-refractivity contribution in [3.8, 4) is 0 Å². The first-order chi connectivity index (χ1) is 7.26. The highest BCUT2D eigenvalue weighted by molar-refractivity contribution is 4.93. The fourth-order valence-corrected chi connectivity index (χ4v) is 1.25. The van der Waals surface area contributed by atoms with E-state index in [4.69, 9.17) is 9.15 Å². The van der Waals surface area contributed by atoms with Gasteiger partial charge in [-0.15, -0.1) is 0 Å². The van der Waals surface area contributed by atoms with E-state index < -0.39 is 0 Å². The molecule has 4 heteroatoms. The third-order valence-corrected chi connectivity index (χ3v) is 2.31. The minimum atomic E-state index is 0.418. The molecule has 0 aliphatic rings. The molecular formula is C11H20N2O2. The van der Waals surface area contributed by atoms with Crippen LogP contribution in [0.4, 0.5) is 0 Å². The Kier molecular flexibility index (Phi) is 5.36. The maximum absolute atomic E-state index is 5.48. The fraction of sp³-hybridized carbons (Fsp3) is 0.727. The monoisotopic (exact) mass is 212 g/mol. The third-order valence-electron chi connectivity index (χ3n) is 2.31. The molecule has 0 aliphatic carbocycles. The highest BCUT2D eigenvalue weighted by Crippen LogP contribution is 2.04. The predicted molar refractivity (Wildman–Crippen MR) is 58.7 cm³/mol. The van der Waals surface area contributed by atoms with E-state index in [1.165, 1.54) is 0 Å². The Hall–Kier alpha value is -0.870. The second-order valence-electron chi connectivity index (χ2n) is 3.64. The van der Waals surface area contributed by atoms with Crippen LogP contribution in [0.3, 0.4) is 0 Å². The van der Waals surface area contributed by atoms with Gasteiger partial charge >= 0.3 is 0 Å².